The second kappa shape index (κ2) is 10.8. The van der Waals surface area contributed by atoms with Crippen molar-refractivity contribution in [2.45, 2.75) is 26.7 Å². The van der Waals surface area contributed by atoms with E-state index in [1.807, 2.05) is 0 Å². The van der Waals surface area contributed by atoms with Crippen LogP contribution in [0.4, 0.5) is 0 Å². The fourth-order valence-electron chi connectivity index (χ4n) is 0.988. The SMILES string of the molecule is CCOC(=O)C(=O)CC(=O)CC(=O)C(=O)OCC.[Na+]. The van der Waals surface area contributed by atoms with Crippen LogP contribution in [0, 0.1) is 0 Å². The first-order valence-corrected chi connectivity index (χ1v) is 5.33. The van der Waals surface area contributed by atoms with E-state index in [1.54, 1.807) is 0 Å². The minimum absolute atomic E-state index is 0. The zero-order valence-electron chi connectivity index (χ0n) is 11.2. The molecule has 0 aliphatic carbocycles. The van der Waals surface area contributed by atoms with Gasteiger partial charge in [0.15, 0.2) is 0 Å². The molecule has 0 aliphatic rings. The van der Waals surface area contributed by atoms with Crippen LogP contribution in [0.5, 0.6) is 0 Å². The van der Waals surface area contributed by atoms with Crippen molar-refractivity contribution in [3.05, 3.63) is 0 Å². The summed E-state index contributed by atoms with van der Waals surface area (Å²) in [6, 6.07) is 0. The minimum Gasteiger partial charge on any atom is -0.460 e. The summed E-state index contributed by atoms with van der Waals surface area (Å²) in [6.45, 7) is 3.05. The van der Waals surface area contributed by atoms with Gasteiger partial charge in [0, 0.05) is 0 Å². The normalized spacial score (nSPS) is 8.95. The van der Waals surface area contributed by atoms with Gasteiger partial charge in [0.1, 0.15) is 5.78 Å². The van der Waals surface area contributed by atoms with Crippen LogP contribution in [0.25, 0.3) is 0 Å². The first-order valence-electron chi connectivity index (χ1n) is 5.33. The molecule has 0 bridgehead atoms. The summed E-state index contributed by atoms with van der Waals surface area (Å²) >= 11 is 0. The number of ether oxygens (including phenoxy) is 2. The Bertz CT molecular complexity index is 341. The predicted octanol–water partition coefficient (Wildman–Crippen LogP) is -3.40. The van der Waals surface area contributed by atoms with Gasteiger partial charge in [0.2, 0.25) is 11.6 Å². The maximum absolute atomic E-state index is 11.2. The van der Waals surface area contributed by atoms with E-state index in [-0.39, 0.29) is 42.8 Å². The van der Waals surface area contributed by atoms with E-state index in [0.717, 1.165) is 0 Å². The molecule has 0 fully saturated rings. The molecule has 0 spiro atoms. The van der Waals surface area contributed by atoms with Crippen molar-refractivity contribution in [3.63, 3.8) is 0 Å². The maximum Gasteiger partial charge on any atom is 1.00 e. The Kier molecular flexibility index (Phi) is 11.6. The Morgan fingerprint density at radius 2 is 1.05 bits per heavy atom. The first kappa shape index (κ1) is 20.3. The fraction of sp³-hybridized carbons (Fsp3) is 0.545. The molecule has 0 rings (SSSR count). The summed E-state index contributed by atoms with van der Waals surface area (Å²) < 4.78 is 8.76. The van der Waals surface area contributed by atoms with Crippen LogP contribution in [0.15, 0.2) is 0 Å². The molecule has 0 saturated carbocycles. The van der Waals surface area contributed by atoms with Crippen LogP contribution in [0.2, 0.25) is 0 Å². The molecule has 0 N–H and O–H groups in total. The van der Waals surface area contributed by atoms with E-state index >= 15 is 0 Å². The van der Waals surface area contributed by atoms with Crippen molar-refractivity contribution in [1.82, 2.24) is 0 Å². The van der Waals surface area contributed by atoms with Gasteiger partial charge in [-0.05, 0) is 13.8 Å². The van der Waals surface area contributed by atoms with Crippen LogP contribution in [-0.4, -0.2) is 42.5 Å². The smallest absolute Gasteiger partial charge is 0.460 e. The molecule has 0 heterocycles. The average Bonchev–Trinajstić information content (AvgIpc) is 2.29. The molecular weight excluding hydrogens is 267 g/mol. The van der Waals surface area contributed by atoms with Crippen LogP contribution in [0.1, 0.15) is 26.7 Å². The molecule has 0 saturated heterocycles. The largest absolute Gasteiger partial charge is 1.00 e. The van der Waals surface area contributed by atoms with Gasteiger partial charge in [0.05, 0.1) is 26.1 Å². The summed E-state index contributed by atoms with van der Waals surface area (Å²) in [4.78, 5) is 55.2. The van der Waals surface area contributed by atoms with Crippen molar-refractivity contribution in [2.24, 2.45) is 0 Å². The van der Waals surface area contributed by atoms with Gasteiger partial charge in [-0.2, -0.15) is 0 Å². The van der Waals surface area contributed by atoms with Crippen LogP contribution >= 0.6 is 0 Å². The van der Waals surface area contributed by atoms with E-state index < -0.39 is 42.1 Å². The summed E-state index contributed by atoms with van der Waals surface area (Å²) in [6.07, 6.45) is -1.52. The molecule has 0 aromatic carbocycles. The van der Waals surface area contributed by atoms with Gasteiger partial charge in [-0.1, -0.05) is 0 Å². The number of carbonyl (C=O) groups excluding carboxylic acids is 5. The predicted molar refractivity (Wildman–Crippen MR) is 57.5 cm³/mol. The van der Waals surface area contributed by atoms with Crippen molar-refractivity contribution in [2.75, 3.05) is 13.2 Å². The molecule has 0 aliphatic heterocycles. The Labute approximate surface area is 132 Å². The summed E-state index contributed by atoms with van der Waals surface area (Å²) in [5, 5.41) is 0. The molecule has 7 nitrogen and oxygen atoms in total. The van der Waals surface area contributed by atoms with Crippen LogP contribution < -0.4 is 29.6 Å². The van der Waals surface area contributed by atoms with Gasteiger partial charge < -0.3 is 9.47 Å². The van der Waals surface area contributed by atoms with Crippen LogP contribution in [0.3, 0.4) is 0 Å². The molecule has 0 unspecified atom stereocenters. The van der Waals surface area contributed by atoms with Gasteiger partial charge in [-0.3, -0.25) is 14.4 Å². The monoisotopic (exact) mass is 281 g/mol. The number of esters is 2. The van der Waals surface area contributed by atoms with Crippen molar-refractivity contribution in [1.29, 1.82) is 0 Å². The Hall–Kier alpha value is -1.05. The number of carbonyl (C=O) groups is 5. The fourth-order valence-corrected chi connectivity index (χ4v) is 0.988. The van der Waals surface area contributed by atoms with E-state index in [0.29, 0.717) is 0 Å². The Balaban J connectivity index is 0. The molecule has 0 atom stereocenters. The third-order valence-corrected chi connectivity index (χ3v) is 1.72. The average molecular weight is 281 g/mol. The Morgan fingerprint density at radius 3 is 1.32 bits per heavy atom. The van der Waals surface area contributed by atoms with E-state index in [9.17, 15) is 24.0 Å². The molecule has 100 valence electrons. The second-order valence-electron chi connectivity index (χ2n) is 3.18. The van der Waals surface area contributed by atoms with Crippen molar-refractivity contribution >= 4 is 29.3 Å². The third-order valence-electron chi connectivity index (χ3n) is 1.72. The second-order valence-corrected chi connectivity index (χ2v) is 3.18. The molecule has 0 aromatic rings. The molecule has 0 amide bonds. The van der Waals surface area contributed by atoms with E-state index in [2.05, 4.69) is 9.47 Å². The maximum atomic E-state index is 11.2. The molecule has 19 heavy (non-hydrogen) atoms. The van der Waals surface area contributed by atoms with E-state index in [4.69, 9.17) is 0 Å². The first-order chi connectivity index (χ1) is 8.42. The molecule has 8 heteroatoms. The molecular formula is C11H14NaO7+. The number of ketones is 3. The van der Waals surface area contributed by atoms with E-state index in [1.165, 1.54) is 13.8 Å². The van der Waals surface area contributed by atoms with Gasteiger partial charge >= 0.3 is 41.5 Å². The summed E-state index contributed by atoms with van der Waals surface area (Å²) in [5.41, 5.74) is 0. The van der Waals surface area contributed by atoms with Crippen LogP contribution in [-0.2, 0) is 33.4 Å². The summed E-state index contributed by atoms with van der Waals surface area (Å²) in [5.74, 6) is -5.17. The quantitative estimate of drug-likeness (QED) is 0.198. The number of Topliss-reactive ketones (excluding diaryl/α,β-unsaturated/α-hetero) is 3. The minimum atomic E-state index is -1.13. The van der Waals surface area contributed by atoms with Gasteiger partial charge in [-0.25, -0.2) is 9.59 Å². The number of hydrogen-bond acceptors (Lipinski definition) is 7. The number of hydrogen-bond donors (Lipinski definition) is 0. The van der Waals surface area contributed by atoms with Gasteiger partial charge in [-0.15, -0.1) is 0 Å². The molecule has 0 radical (unpaired) electrons. The zero-order chi connectivity index (χ0) is 14.1. The van der Waals surface area contributed by atoms with Crippen molar-refractivity contribution in [3.8, 4) is 0 Å². The van der Waals surface area contributed by atoms with Gasteiger partial charge in [0.25, 0.3) is 0 Å². The standard InChI is InChI=1S/C11H14O7.Na/c1-3-17-10(15)8(13)5-7(12)6-9(14)11(16)18-4-2;/h3-6H2,1-2H3;/q;+1. The Morgan fingerprint density at radius 1 is 0.737 bits per heavy atom. The number of rotatable bonds is 8. The third kappa shape index (κ3) is 8.63. The zero-order valence-corrected chi connectivity index (χ0v) is 13.2. The topological polar surface area (TPSA) is 104 Å². The van der Waals surface area contributed by atoms with Crippen molar-refractivity contribution < 1.29 is 63.0 Å². The summed E-state index contributed by atoms with van der Waals surface area (Å²) in [7, 11) is 0. The molecule has 0 aromatic heterocycles.